The molecule has 27 heteroatoms. The van der Waals surface area contributed by atoms with Gasteiger partial charge in [0.05, 0.1) is 19.5 Å². The molecule has 2 aromatic heterocycles. The summed E-state index contributed by atoms with van der Waals surface area (Å²) in [4.78, 5) is 51.2. The number of phosphoric acid groups is 3. The quantitative estimate of drug-likeness (QED) is 0.0832. The van der Waals surface area contributed by atoms with E-state index in [1.165, 1.54) is 0 Å². The van der Waals surface area contributed by atoms with Crippen molar-refractivity contribution in [1.82, 2.24) is 19.5 Å². The molecule has 43 heavy (non-hydrogen) atoms. The van der Waals surface area contributed by atoms with Gasteiger partial charge in [-0.3, -0.25) is 9.09 Å². The minimum atomic E-state index is -6.14. The molecule has 0 spiro atoms. The molecule has 2 unspecified atom stereocenters. The molecule has 24 nitrogen and oxygen atoms in total. The fraction of sp³-hybridized carbons (Fsp3) is 0.625. The maximum Gasteiger partial charge on any atom is 0.541 e. The zero-order chi connectivity index (χ0) is 32.5. The van der Waals surface area contributed by atoms with Crippen LogP contribution < -0.4 is 5.73 Å². The summed E-state index contributed by atoms with van der Waals surface area (Å²) in [6.45, 7) is -2.41. The zero-order valence-electron chi connectivity index (χ0n) is 21.0. The molecule has 0 aliphatic carbocycles. The lowest BCUT2D eigenvalue weighted by atomic mass is 10.0. The predicted octanol–water partition coefficient (Wildman–Crippen LogP) is -4.64. The van der Waals surface area contributed by atoms with Crippen molar-refractivity contribution in [1.29, 1.82) is 0 Å². The lowest BCUT2D eigenvalue weighted by molar-refractivity contribution is -0.163. The number of imidazole rings is 1. The van der Waals surface area contributed by atoms with Crippen molar-refractivity contribution in [2.75, 3.05) is 18.9 Å². The van der Waals surface area contributed by atoms with Gasteiger partial charge in [0.25, 0.3) is 0 Å². The van der Waals surface area contributed by atoms with Crippen molar-refractivity contribution < 1.29 is 91.3 Å². The molecule has 0 bridgehead atoms. The number of fused-ring (bicyclic) bond motifs is 1. The third kappa shape index (κ3) is 8.57. The zero-order valence-corrected chi connectivity index (χ0v) is 23.7. The summed E-state index contributed by atoms with van der Waals surface area (Å²) in [5, 5.41) is 68.6. The Morgan fingerprint density at radius 2 is 1.67 bits per heavy atom. The van der Waals surface area contributed by atoms with Gasteiger partial charge < -0.3 is 65.4 Å². The van der Waals surface area contributed by atoms with E-state index in [1.54, 1.807) is 0 Å². The number of nitrogens with zero attached hydrogens (tertiary/aromatic N) is 4. The first-order chi connectivity index (χ1) is 19.8. The summed E-state index contributed by atoms with van der Waals surface area (Å²) in [5.41, 5.74) is 5.81. The Balaban J connectivity index is 1.82. The van der Waals surface area contributed by atoms with E-state index in [1.807, 2.05) is 0 Å². The highest BCUT2D eigenvalue weighted by Gasteiger charge is 2.50. The predicted molar refractivity (Wildman–Crippen MR) is 130 cm³/mol. The van der Waals surface area contributed by atoms with Crippen LogP contribution >= 0.6 is 23.5 Å². The molecular formula is C16H26N5O19P3. The number of anilines is 1. The number of ether oxygens (including phenoxy) is 1. The number of carbonyl (C=O) groups excluding carboxylic acids is 1. The van der Waals surface area contributed by atoms with Gasteiger partial charge in [-0.2, -0.15) is 8.62 Å². The molecule has 0 aromatic carbocycles. The van der Waals surface area contributed by atoms with Gasteiger partial charge in [-0.25, -0.2) is 33.4 Å². The number of hydrogen-bond donors (Lipinski definition) is 11. The SMILES string of the molecule is Nc1ncnc2c1ncn2[C@@H]1O[C@H](COP(=O)(OC(=O)[C@H](O)[C@@H](O)[C@H](O)[C@H](O)CO)OP(=O)(O)OP(=O)(O)O)[C@@H](O)[C@H]1O. The van der Waals surface area contributed by atoms with Crippen LogP contribution in [-0.4, -0.2) is 132 Å². The smallest absolute Gasteiger partial charge is 0.394 e. The average Bonchev–Trinajstić information content (AvgIpc) is 3.45. The summed E-state index contributed by atoms with van der Waals surface area (Å²) in [5.74, 6) is -2.28. The molecule has 244 valence electrons. The standard InChI is InChI=1S/C16H26N5O19P3/c17-13-7-14(19-3-18-13)21(4-20-7)15-11(27)9(25)6(37-15)2-36-43(35,40-42(33,34)39-41(30,31)32)38-16(29)12(28)10(26)8(24)5(23)1-22/h3-6,8-12,15,22-28H,1-2H2,(H,33,34)(H2,17,18,19)(H2,30,31,32)/t5-,6-,8-,9-,10+,11-,12-,15-,43?/m1/s1. The largest absolute Gasteiger partial charge is 0.541 e. The first-order valence-electron chi connectivity index (χ1n) is 11.4. The van der Waals surface area contributed by atoms with Crippen molar-refractivity contribution in [2.24, 2.45) is 0 Å². The van der Waals surface area contributed by atoms with Crippen LogP contribution in [0.4, 0.5) is 5.82 Å². The first kappa shape index (κ1) is 35.4. The van der Waals surface area contributed by atoms with Gasteiger partial charge in [0, 0.05) is 0 Å². The molecule has 0 radical (unpaired) electrons. The fourth-order valence-electron chi connectivity index (χ4n) is 3.49. The van der Waals surface area contributed by atoms with Crippen LogP contribution in [0.3, 0.4) is 0 Å². The number of aliphatic hydroxyl groups is 7. The number of phosphoric ester groups is 1. The monoisotopic (exact) mass is 685 g/mol. The lowest BCUT2D eigenvalue weighted by Gasteiger charge is -2.26. The highest BCUT2D eigenvalue weighted by atomic mass is 31.3. The Bertz CT molecular complexity index is 1440. The van der Waals surface area contributed by atoms with Crippen LogP contribution in [0.15, 0.2) is 12.7 Å². The summed E-state index contributed by atoms with van der Waals surface area (Å²) in [6.07, 6.45) is -14.8. The molecule has 2 aromatic rings. The van der Waals surface area contributed by atoms with E-state index in [0.29, 0.717) is 0 Å². The third-order valence-electron chi connectivity index (χ3n) is 5.51. The van der Waals surface area contributed by atoms with Crippen LogP contribution in [-0.2, 0) is 40.9 Å². The molecule has 10 atom stereocenters. The minimum Gasteiger partial charge on any atom is -0.394 e. The van der Waals surface area contributed by atoms with E-state index in [-0.39, 0.29) is 17.0 Å². The number of rotatable bonds is 14. The van der Waals surface area contributed by atoms with Crippen LogP contribution in [0.2, 0.25) is 0 Å². The highest BCUT2D eigenvalue weighted by molar-refractivity contribution is 7.67. The molecule has 1 aliphatic heterocycles. The Labute approximate surface area is 238 Å². The summed E-state index contributed by atoms with van der Waals surface area (Å²) in [6, 6.07) is 0. The second-order valence-electron chi connectivity index (χ2n) is 8.58. The van der Waals surface area contributed by atoms with Crippen LogP contribution in [0.5, 0.6) is 0 Å². The molecule has 1 fully saturated rings. The number of aromatic nitrogens is 4. The van der Waals surface area contributed by atoms with E-state index in [0.717, 1.165) is 17.2 Å². The average molecular weight is 685 g/mol. The summed E-state index contributed by atoms with van der Waals surface area (Å²) in [7, 11) is -18.0. The number of nitrogens with two attached hydrogens (primary N) is 1. The molecule has 3 heterocycles. The van der Waals surface area contributed by atoms with Crippen molar-refractivity contribution in [3.8, 4) is 0 Å². The van der Waals surface area contributed by atoms with Crippen molar-refractivity contribution in [2.45, 2.75) is 49.0 Å². The fourth-order valence-corrected chi connectivity index (χ4v) is 6.99. The van der Waals surface area contributed by atoms with E-state index in [9.17, 15) is 54.0 Å². The van der Waals surface area contributed by atoms with Crippen LogP contribution in [0.25, 0.3) is 11.2 Å². The van der Waals surface area contributed by atoms with E-state index in [2.05, 4.69) is 28.1 Å². The summed E-state index contributed by atoms with van der Waals surface area (Å²) < 4.78 is 59.2. The Morgan fingerprint density at radius 3 is 2.28 bits per heavy atom. The van der Waals surface area contributed by atoms with Gasteiger partial charge in [-0.1, -0.05) is 0 Å². The van der Waals surface area contributed by atoms with Crippen molar-refractivity contribution in [3.05, 3.63) is 12.7 Å². The van der Waals surface area contributed by atoms with E-state index >= 15 is 0 Å². The Morgan fingerprint density at radius 1 is 1.02 bits per heavy atom. The maximum atomic E-state index is 13.1. The maximum absolute atomic E-state index is 13.1. The van der Waals surface area contributed by atoms with Gasteiger partial charge in [0.2, 0.25) is 0 Å². The normalized spacial score (nSPS) is 26.7. The number of hydrogen-bond acceptors (Lipinski definition) is 20. The van der Waals surface area contributed by atoms with Gasteiger partial charge in [0.1, 0.15) is 48.5 Å². The Hall–Kier alpha value is -2.05. The van der Waals surface area contributed by atoms with Gasteiger partial charge in [0.15, 0.2) is 23.8 Å². The second kappa shape index (κ2) is 13.5. The van der Waals surface area contributed by atoms with Crippen LogP contribution in [0.1, 0.15) is 6.23 Å². The molecule has 1 aliphatic rings. The van der Waals surface area contributed by atoms with Crippen molar-refractivity contribution in [3.63, 3.8) is 0 Å². The Kier molecular flexibility index (Phi) is 11.1. The number of nitrogen functional groups attached to an aromatic ring is 1. The molecule has 0 saturated carbocycles. The number of carbonyl (C=O) groups is 1. The first-order valence-corrected chi connectivity index (χ1v) is 15.8. The topological polar surface area (TPSA) is 386 Å². The van der Waals surface area contributed by atoms with Gasteiger partial charge in [-0.05, 0) is 0 Å². The number of aliphatic hydroxyl groups excluding tert-OH is 7. The third-order valence-corrected chi connectivity index (χ3v) is 9.68. The van der Waals surface area contributed by atoms with Crippen LogP contribution in [0, 0.1) is 0 Å². The van der Waals surface area contributed by atoms with E-state index < -0.39 is 91.6 Å². The van der Waals surface area contributed by atoms with Gasteiger partial charge >= 0.3 is 29.4 Å². The van der Waals surface area contributed by atoms with Gasteiger partial charge in [-0.15, -0.1) is 0 Å². The minimum absolute atomic E-state index is 0.0325. The molecular weight excluding hydrogens is 659 g/mol. The van der Waals surface area contributed by atoms with E-state index in [4.69, 9.17) is 29.9 Å². The highest BCUT2D eigenvalue weighted by Crippen LogP contribution is 2.68. The molecule has 3 rings (SSSR count). The second-order valence-corrected chi connectivity index (χ2v) is 13.1. The molecule has 12 N–H and O–H groups in total. The molecule has 1 saturated heterocycles. The molecule has 0 amide bonds. The lowest BCUT2D eigenvalue weighted by Crippen LogP contribution is -2.49. The van der Waals surface area contributed by atoms with Crippen molar-refractivity contribution >= 4 is 46.4 Å². The summed E-state index contributed by atoms with van der Waals surface area (Å²) >= 11 is 0.